The van der Waals surface area contributed by atoms with Crippen LogP contribution in [0.3, 0.4) is 0 Å². The molecule has 1 aliphatic carbocycles. The molecule has 6 nitrogen and oxygen atoms in total. The molecule has 1 saturated carbocycles. The standard InChI is InChI=1S/C16H25NO5/c1-2-11-7-3-5-9-16(11,21)13(18)15(20)22-14(19)12-8-4-6-10-17-12/h11-12,17,21H,2-10H2,1H3/t11-,12?,16+/m1/s1. The Morgan fingerprint density at radius 1 is 1.18 bits per heavy atom. The third-order valence-corrected chi connectivity index (χ3v) is 4.90. The van der Waals surface area contributed by atoms with Gasteiger partial charge in [0.2, 0.25) is 0 Å². The molecule has 1 saturated heterocycles. The zero-order chi connectivity index (χ0) is 16.2. The number of hydrogen-bond acceptors (Lipinski definition) is 6. The average Bonchev–Trinajstić information content (AvgIpc) is 2.55. The van der Waals surface area contributed by atoms with Crippen molar-refractivity contribution >= 4 is 17.7 Å². The van der Waals surface area contributed by atoms with E-state index in [2.05, 4.69) is 5.32 Å². The molecule has 1 unspecified atom stereocenters. The van der Waals surface area contributed by atoms with Crippen molar-refractivity contribution in [2.24, 2.45) is 5.92 Å². The second-order valence-corrected chi connectivity index (χ2v) is 6.32. The minimum Gasteiger partial charge on any atom is -0.386 e. The third-order valence-electron chi connectivity index (χ3n) is 4.90. The van der Waals surface area contributed by atoms with Crippen LogP contribution in [0.15, 0.2) is 0 Å². The summed E-state index contributed by atoms with van der Waals surface area (Å²) in [6.07, 6.45) is 5.69. The molecule has 0 radical (unpaired) electrons. The number of ether oxygens (including phenoxy) is 1. The number of aliphatic hydroxyl groups is 1. The first-order chi connectivity index (χ1) is 10.5. The Kier molecular flexibility index (Phi) is 5.69. The van der Waals surface area contributed by atoms with Gasteiger partial charge in [-0.3, -0.25) is 4.79 Å². The second kappa shape index (κ2) is 7.33. The number of rotatable bonds is 4. The Bertz CT molecular complexity index is 444. The maximum Gasteiger partial charge on any atom is 0.385 e. The van der Waals surface area contributed by atoms with Gasteiger partial charge in [-0.2, -0.15) is 0 Å². The van der Waals surface area contributed by atoms with Crippen LogP contribution in [0.5, 0.6) is 0 Å². The van der Waals surface area contributed by atoms with Crippen LogP contribution < -0.4 is 5.32 Å². The largest absolute Gasteiger partial charge is 0.386 e. The van der Waals surface area contributed by atoms with Crippen LogP contribution in [0.1, 0.15) is 58.3 Å². The van der Waals surface area contributed by atoms with Gasteiger partial charge in [-0.25, -0.2) is 9.59 Å². The number of esters is 2. The highest BCUT2D eigenvalue weighted by molar-refractivity contribution is 6.38. The van der Waals surface area contributed by atoms with Crippen molar-refractivity contribution in [1.29, 1.82) is 0 Å². The summed E-state index contributed by atoms with van der Waals surface area (Å²) in [5, 5.41) is 13.6. The summed E-state index contributed by atoms with van der Waals surface area (Å²) in [6.45, 7) is 2.58. The summed E-state index contributed by atoms with van der Waals surface area (Å²) in [5.74, 6) is -3.15. The summed E-state index contributed by atoms with van der Waals surface area (Å²) in [5.41, 5.74) is -1.68. The maximum atomic E-state index is 12.3. The predicted molar refractivity (Wildman–Crippen MR) is 78.9 cm³/mol. The van der Waals surface area contributed by atoms with E-state index in [0.29, 0.717) is 32.2 Å². The fourth-order valence-electron chi connectivity index (χ4n) is 3.51. The van der Waals surface area contributed by atoms with Gasteiger partial charge in [0, 0.05) is 0 Å². The highest BCUT2D eigenvalue weighted by Gasteiger charge is 2.48. The lowest BCUT2D eigenvalue weighted by atomic mass is 9.72. The molecule has 124 valence electrons. The van der Waals surface area contributed by atoms with Gasteiger partial charge < -0.3 is 15.2 Å². The van der Waals surface area contributed by atoms with E-state index in [4.69, 9.17) is 4.74 Å². The molecule has 1 heterocycles. The topological polar surface area (TPSA) is 92.7 Å². The molecule has 1 aliphatic heterocycles. The van der Waals surface area contributed by atoms with Crippen molar-refractivity contribution < 1.29 is 24.2 Å². The Balaban J connectivity index is 1.98. The van der Waals surface area contributed by atoms with Crippen LogP contribution in [0.25, 0.3) is 0 Å². The van der Waals surface area contributed by atoms with E-state index in [0.717, 1.165) is 19.3 Å². The summed E-state index contributed by atoms with van der Waals surface area (Å²) in [7, 11) is 0. The van der Waals surface area contributed by atoms with Crippen LogP contribution in [0, 0.1) is 5.92 Å². The molecule has 2 fully saturated rings. The number of Topliss-reactive ketones (excluding diaryl/α,β-unsaturated/α-hetero) is 1. The number of carbonyl (C=O) groups excluding carboxylic acids is 3. The van der Waals surface area contributed by atoms with Crippen LogP contribution in [-0.4, -0.2) is 41.0 Å². The lowest BCUT2D eigenvalue weighted by Gasteiger charge is -2.37. The molecule has 0 bridgehead atoms. The molecule has 2 N–H and O–H groups in total. The minimum atomic E-state index is -1.68. The first-order valence-corrected chi connectivity index (χ1v) is 8.25. The lowest BCUT2D eigenvalue weighted by Crippen LogP contribution is -2.52. The quantitative estimate of drug-likeness (QED) is 0.459. The Morgan fingerprint density at radius 2 is 1.91 bits per heavy atom. The van der Waals surface area contributed by atoms with Crippen molar-refractivity contribution in [2.45, 2.75) is 69.9 Å². The van der Waals surface area contributed by atoms with E-state index in [1.807, 2.05) is 6.92 Å². The first-order valence-electron chi connectivity index (χ1n) is 8.25. The molecular weight excluding hydrogens is 286 g/mol. The number of carbonyl (C=O) groups is 3. The van der Waals surface area contributed by atoms with E-state index in [-0.39, 0.29) is 12.3 Å². The summed E-state index contributed by atoms with van der Waals surface area (Å²) in [6, 6.07) is -0.534. The first kappa shape index (κ1) is 17.1. The second-order valence-electron chi connectivity index (χ2n) is 6.32. The predicted octanol–water partition coefficient (Wildman–Crippen LogP) is 1.10. The van der Waals surface area contributed by atoms with Gasteiger partial charge in [0.05, 0.1) is 0 Å². The van der Waals surface area contributed by atoms with E-state index in [9.17, 15) is 19.5 Å². The number of piperidine rings is 1. The molecule has 2 aliphatic rings. The van der Waals surface area contributed by atoms with Crippen molar-refractivity contribution in [1.82, 2.24) is 5.32 Å². The SMILES string of the molecule is CC[C@@H]1CCCC[C@@]1(O)C(=O)C(=O)OC(=O)C1CCCCN1. The molecule has 0 spiro atoms. The highest BCUT2D eigenvalue weighted by atomic mass is 16.6. The minimum absolute atomic E-state index is 0.246. The molecule has 22 heavy (non-hydrogen) atoms. The Morgan fingerprint density at radius 3 is 2.55 bits per heavy atom. The molecule has 6 heteroatoms. The van der Waals surface area contributed by atoms with Crippen LogP contribution in [0.2, 0.25) is 0 Å². The average molecular weight is 311 g/mol. The van der Waals surface area contributed by atoms with Crippen molar-refractivity contribution in [3.63, 3.8) is 0 Å². The van der Waals surface area contributed by atoms with E-state index in [1.54, 1.807) is 0 Å². The van der Waals surface area contributed by atoms with Crippen molar-refractivity contribution in [2.75, 3.05) is 6.54 Å². The highest BCUT2D eigenvalue weighted by Crippen LogP contribution is 2.36. The summed E-state index contributed by atoms with van der Waals surface area (Å²) >= 11 is 0. The van der Waals surface area contributed by atoms with E-state index in [1.165, 1.54) is 0 Å². The van der Waals surface area contributed by atoms with Gasteiger partial charge in [0.1, 0.15) is 11.6 Å². The van der Waals surface area contributed by atoms with Crippen molar-refractivity contribution in [3.05, 3.63) is 0 Å². The molecule has 0 aromatic rings. The van der Waals surface area contributed by atoms with Gasteiger partial charge in [0.15, 0.2) is 0 Å². The zero-order valence-corrected chi connectivity index (χ0v) is 13.1. The molecule has 0 aromatic heterocycles. The number of hydrogen-bond donors (Lipinski definition) is 2. The van der Waals surface area contributed by atoms with E-state index < -0.39 is 29.4 Å². The van der Waals surface area contributed by atoms with Gasteiger partial charge in [0.25, 0.3) is 5.78 Å². The van der Waals surface area contributed by atoms with Crippen LogP contribution >= 0.6 is 0 Å². The third kappa shape index (κ3) is 3.55. The Hall–Kier alpha value is -1.27. The number of nitrogens with one attached hydrogen (secondary N) is 1. The van der Waals surface area contributed by atoms with E-state index >= 15 is 0 Å². The number of ketones is 1. The van der Waals surface area contributed by atoms with Gasteiger partial charge in [-0.15, -0.1) is 0 Å². The van der Waals surface area contributed by atoms with Crippen LogP contribution in [0.4, 0.5) is 0 Å². The summed E-state index contributed by atoms with van der Waals surface area (Å²) in [4.78, 5) is 36.2. The lowest BCUT2D eigenvalue weighted by molar-refractivity contribution is -0.174. The van der Waals surface area contributed by atoms with Gasteiger partial charge >= 0.3 is 11.9 Å². The Labute approximate surface area is 130 Å². The molecular formula is C16H25NO5. The zero-order valence-electron chi connectivity index (χ0n) is 13.1. The molecule has 2 rings (SSSR count). The summed E-state index contributed by atoms with van der Waals surface area (Å²) < 4.78 is 4.71. The fourth-order valence-corrected chi connectivity index (χ4v) is 3.51. The van der Waals surface area contributed by atoms with Gasteiger partial charge in [-0.05, 0) is 38.1 Å². The van der Waals surface area contributed by atoms with Gasteiger partial charge in [-0.1, -0.05) is 32.6 Å². The molecule has 0 aromatic carbocycles. The smallest absolute Gasteiger partial charge is 0.385 e. The normalized spacial score (nSPS) is 32.3. The maximum absolute atomic E-state index is 12.3. The molecule has 0 amide bonds. The monoisotopic (exact) mass is 311 g/mol. The van der Waals surface area contributed by atoms with Crippen LogP contribution in [-0.2, 0) is 19.1 Å². The molecule has 3 atom stereocenters. The van der Waals surface area contributed by atoms with Crippen molar-refractivity contribution in [3.8, 4) is 0 Å². The fraction of sp³-hybridized carbons (Fsp3) is 0.812.